The molecule has 5 heterocycles. The molecule has 5 rings (SSSR count). The second kappa shape index (κ2) is 7.50. The summed E-state index contributed by atoms with van der Waals surface area (Å²) < 4.78 is 5.58. The van der Waals surface area contributed by atoms with Crippen molar-refractivity contribution in [1.29, 1.82) is 0 Å². The van der Waals surface area contributed by atoms with E-state index in [1.54, 1.807) is 40.3 Å². The third-order valence-electron chi connectivity index (χ3n) is 4.40. The maximum absolute atomic E-state index is 13.0. The van der Waals surface area contributed by atoms with Crippen LogP contribution >= 0.6 is 34.4 Å². The number of hydrazone groups is 1. The number of fused-ring (bicyclic) bond motifs is 1. The van der Waals surface area contributed by atoms with Crippen LogP contribution in [-0.2, 0) is 4.79 Å². The maximum Gasteiger partial charge on any atom is 0.253 e. The number of rotatable bonds is 5. The van der Waals surface area contributed by atoms with E-state index in [0.29, 0.717) is 6.42 Å². The Hall–Kier alpha value is -2.49. The van der Waals surface area contributed by atoms with E-state index in [-0.39, 0.29) is 17.7 Å². The zero-order valence-electron chi connectivity index (χ0n) is 14.5. The Morgan fingerprint density at radius 2 is 2.18 bits per heavy atom. The first-order valence-corrected chi connectivity index (χ1v) is 11.3. The van der Waals surface area contributed by atoms with Gasteiger partial charge in [0.05, 0.1) is 22.6 Å². The molecule has 0 unspecified atom stereocenters. The molecule has 28 heavy (non-hydrogen) atoms. The highest BCUT2D eigenvalue weighted by Crippen LogP contribution is 2.35. The predicted octanol–water partition coefficient (Wildman–Crippen LogP) is 4.82. The molecule has 140 valence electrons. The number of aromatic nitrogens is 2. The Kier molecular flexibility index (Phi) is 4.71. The normalized spacial score (nSPS) is 16.6. The van der Waals surface area contributed by atoms with Crippen LogP contribution in [-0.4, -0.2) is 32.3 Å². The van der Waals surface area contributed by atoms with Gasteiger partial charge in [-0.05, 0) is 35.0 Å². The van der Waals surface area contributed by atoms with E-state index in [4.69, 9.17) is 4.42 Å². The topological polar surface area (TPSA) is 71.6 Å². The van der Waals surface area contributed by atoms with E-state index >= 15 is 0 Å². The summed E-state index contributed by atoms with van der Waals surface area (Å²) in [6, 6.07) is 9.52. The van der Waals surface area contributed by atoms with E-state index < -0.39 is 0 Å². The first-order valence-electron chi connectivity index (χ1n) is 8.57. The minimum atomic E-state index is -0.216. The molecule has 0 fully saturated rings. The van der Waals surface area contributed by atoms with Gasteiger partial charge in [0.2, 0.25) is 0 Å². The highest BCUT2D eigenvalue weighted by atomic mass is 32.2. The van der Waals surface area contributed by atoms with Gasteiger partial charge >= 0.3 is 0 Å². The van der Waals surface area contributed by atoms with Crippen molar-refractivity contribution >= 4 is 56.3 Å². The molecule has 0 bridgehead atoms. The zero-order valence-corrected chi connectivity index (χ0v) is 17.0. The summed E-state index contributed by atoms with van der Waals surface area (Å²) in [6.07, 6.45) is 3.82. The standard InChI is InChI=1S/C19H14N4O2S3/c24-17(10-28-19-12-5-8-27-18(12)20-11-21-19)23-14(15-3-1-6-25-15)9-13(22-23)16-4-2-7-26-16/h1-8,11,14H,9-10H2/t14-/m0/s1. The van der Waals surface area contributed by atoms with Crippen molar-refractivity contribution in [2.75, 3.05) is 5.75 Å². The summed E-state index contributed by atoms with van der Waals surface area (Å²) >= 11 is 4.61. The van der Waals surface area contributed by atoms with E-state index in [0.717, 1.165) is 31.6 Å². The van der Waals surface area contributed by atoms with E-state index in [1.165, 1.54) is 11.8 Å². The molecule has 1 aliphatic heterocycles. The quantitative estimate of drug-likeness (QED) is 0.338. The van der Waals surface area contributed by atoms with Crippen molar-refractivity contribution in [1.82, 2.24) is 15.0 Å². The van der Waals surface area contributed by atoms with Crippen molar-refractivity contribution in [3.8, 4) is 0 Å². The molecular weight excluding hydrogens is 412 g/mol. The molecule has 0 spiro atoms. The number of hydrogen-bond donors (Lipinski definition) is 0. The summed E-state index contributed by atoms with van der Waals surface area (Å²) in [4.78, 5) is 23.6. The molecule has 1 amide bonds. The number of nitrogens with zero attached hydrogens (tertiary/aromatic N) is 4. The third kappa shape index (κ3) is 3.25. The largest absolute Gasteiger partial charge is 0.467 e. The number of amides is 1. The fourth-order valence-corrected chi connectivity index (χ4v) is 5.47. The predicted molar refractivity (Wildman–Crippen MR) is 112 cm³/mol. The van der Waals surface area contributed by atoms with Gasteiger partial charge in [0.1, 0.15) is 28.0 Å². The zero-order chi connectivity index (χ0) is 18.9. The van der Waals surface area contributed by atoms with Crippen molar-refractivity contribution < 1.29 is 9.21 Å². The van der Waals surface area contributed by atoms with Crippen LogP contribution in [0.1, 0.15) is 23.1 Å². The Morgan fingerprint density at radius 3 is 3.00 bits per heavy atom. The first-order chi connectivity index (χ1) is 13.8. The summed E-state index contributed by atoms with van der Waals surface area (Å²) in [5.74, 6) is 0.927. The highest BCUT2D eigenvalue weighted by molar-refractivity contribution is 8.00. The maximum atomic E-state index is 13.0. The summed E-state index contributed by atoms with van der Waals surface area (Å²) in [5.41, 5.74) is 0.914. The fourth-order valence-electron chi connectivity index (χ4n) is 3.11. The van der Waals surface area contributed by atoms with Crippen molar-refractivity contribution in [2.45, 2.75) is 17.5 Å². The van der Waals surface area contributed by atoms with Gasteiger partial charge < -0.3 is 4.42 Å². The Labute approximate surface area is 172 Å². The van der Waals surface area contributed by atoms with Gasteiger partial charge in [-0.25, -0.2) is 15.0 Å². The number of thioether (sulfide) groups is 1. The van der Waals surface area contributed by atoms with Crippen molar-refractivity contribution in [3.63, 3.8) is 0 Å². The average molecular weight is 427 g/mol. The molecule has 0 saturated heterocycles. The van der Waals surface area contributed by atoms with Crippen LogP contribution in [0.25, 0.3) is 10.2 Å². The molecule has 9 heteroatoms. The molecule has 0 aromatic carbocycles. The molecule has 0 saturated carbocycles. The van der Waals surface area contributed by atoms with Crippen molar-refractivity contribution in [3.05, 3.63) is 64.3 Å². The lowest BCUT2D eigenvalue weighted by Crippen LogP contribution is -2.28. The van der Waals surface area contributed by atoms with E-state index in [2.05, 4.69) is 15.1 Å². The molecule has 4 aromatic heterocycles. The molecule has 0 N–H and O–H groups in total. The summed E-state index contributed by atoms with van der Waals surface area (Å²) in [7, 11) is 0. The van der Waals surface area contributed by atoms with Gasteiger partial charge in [-0.1, -0.05) is 17.8 Å². The Balaban J connectivity index is 1.38. The number of carbonyl (C=O) groups excluding carboxylic acids is 1. The third-order valence-corrected chi connectivity index (χ3v) is 7.13. The average Bonchev–Trinajstić information content (AvgIpc) is 3.49. The van der Waals surface area contributed by atoms with Crippen molar-refractivity contribution in [2.24, 2.45) is 5.10 Å². The minimum absolute atomic E-state index is 0.0695. The lowest BCUT2D eigenvalue weighted by atomic mass is 10.1. The van der Waals surface area contributed by atoms with E-state index in [9.17, 15) is 4.79 Å². The van der Waals surface area contributed by atoms with Crippen LogP contribution in [0.2, 0.25) is 0 Å². The van der Waals surface area contributed by atoms with Crippen LogP contribution < -0.4 is 0 Å². The highest BCUT2D eigenvalue weighted by Gasteiger charge is 2.35. The second-order valence-corrected chi connectivity index (χ2v) is 8.91. The molecule has 1 atom stereocenters. The van der Waals surface area contributed by atoms with Gasteiger partial charge in [0.25, 0.3) is 5.91 Å². The van der Waals surface area contributed by atoms with E-state index in [1.807, 2.05) is 41.1 Å². The van der Waals surface area contributed by atoms with Crippen LogP contribution in [0, 0.1) is 0 Å². The van der Waals surface area contributed by atoms with Gasteiger partial charge in [0, 0.05) is 11.8 Å². The fraction of sp³-hybridized carbons (Fsp3) is 0.158. The molecule has 4 aromatic rings. The Morgan fingerprint density at radius 1 is 1.21 bits per heavy atom. The molecule has 6 nitrogen and oxygen atoms in total. The van der Waals surface area contributed by atoms with Crippen LogP contribution in [0.5, 0.6) is 0 Å². The molecule has 0 aliphatic carbocycles. The number of hydrogen-bond acceptors (Lipinski definition) is 8. The number of furan rings is 1. The van der Waals surface area contributed by atoms with Gasteiger partial charge in [-0.3, -0.25) is 4.79 Å². The lowest BCUT2D eigenvalue weighted by Gasteiger charge is -2.19. The van der Waals surface area contributed by atoms with Gasteiger partial charge in [0.15, 0.2) is 0 Å². The Bertz CT molecular complexity index is 1140. The molecule has 1 aliphatic rings. The smallest absolute Gasteiger partial charge is 0.253 e. The van der Waals surface area contributed by atoms with Crippen LogP contribution in [0.15, 0.2) is 68.2 Å². The monoisotopic (exact) mass is 426 g/mol. The van der Waals surface area contributed by atoms with Crippen LogP contribution in [0.3, 0.4) is 0 Å². The molecular formula is C19H14N4O2S3. The second-order valence-electron chi connectivity index (χ2n) is 6.10. The minimum Gasteiger partial charge on any atom is -0.467 e. The van der Waals surface area contributed by atoms with Crippen LogP contribution in [0.4, 0.5) is 0 Å². The summed E-state index contributed by atoms with van der Waals surface area (Å²) in [5, 5.41) is 12.0. The van der Waals surface area contributed by atoms with Gasteiger partial charge in [-0.15, -0.1) is 22.7 Å². The SMILES string of the molecule is O=C(CSc1ncnc2sccc12)N1N=C(c2cccs2)C[C@H]1c1ccco1. The summed E-state index contributed by atoms with van der Waals surface area (Å²) in [6.45, 7) is 0. The number of carbonyl (C=O) groups is 1. The lowest BCUT2D eigenvalue weighted by molar-refractivity contribution is -0.130. The molecule has 0 radical (unpaired) electrons. The van der Waals surface area contributed by atoms with Gasteiger partial charge in [-0.2, -0.15) is 5.10 Å². The first kappa shape index (κ1) is 17.6. The number of thiophene rings is 2.